The molecular weight excluding hydrogens is 630 g/mol. The Kier molecular flexibility index (Phi) is 7.96. The van der Waals surface area contributed by atoms with Crippen molar-refractivity contribution in [3.8, 4) is 22.6 Å². The number of fused-ring (bicyclic) bond motifs is 3. The fraction of sp³-hybridized carbons (Fsp3) is 0.0294. The Hall–Kier alpha value is -4.92. The maximum Gasteiger partial charge on any atom is 0.343 e. The quantitative estimate of drug-likeness (QED) is 0.0784. The van der Waals surface area contributed by atoms with Crippen molar-refractivity contribution in [1.29, 1.82) is 0 Å². The Bertz CT molecular complexity index is 2040. The van der Waals surface area contributed by atoms with Gasteiger partial charge in [-0.15, -0.1) is 0 Å². The van der Waals surface area contributed by atoms with Gasteiger partial charge >= 0.3 is 5.97 Å². The number of ether oxygens (including phenoxy) is 2. The smallest absolute Gasteiger partial charge is 0.343 e. The largest absolute Gasteiger partial charge is 0.493 e. The zero-order valence-electron chi connectivity index (χ0n) is 22.7. The lowest BCUT2D eigenvalue weighted by Gasteiger charge is -2.10. The first-order chi connectivity index (χ1) is 20.9. The Morgan fingerprint density at radius 3 is 2.44 bits per heavy atom. The Morgan fingerprint density at radius 2 is 1.65 bits per heavy atom. The van der Waals surface area contributed by atoms with Gasteiger partial charge in [0.05, 0.1) is 24.4 Å². The number of carbonyl (C=O) groups is 2. The average molecular weight is 653 g/mol. The van der Waals surface area contributed by atoms with Gasteiger partial charge in [0.1, 0.15) is 5.69 Å². The standard InChI is InChI=1S/C34H23BrClN3O4/c1-42-29-18-20(10-17-28(29)43-34(41)22-11-14-23(35)15-12-22)19-37-39-33(40)32-30(25-8-4-5-9-27(25)36)26-16-13-21-6-2-3-7-24(21)31(26)38-32/h2-19,38H,1H3,(H,39,40). The predicted octanol–water partition coefficient (Wildman–Crippen LogP) is 8.40. The number of hydrogen-bond donors (Lipinski definition) is 2. The first-order valence-electron chi connectivity index (χ1n) is 13.2. The van der Waals surface area contributed by atoms with E-state index in [-0.39, 0.29) is 5.75 Å². The van der Waals surface area contributed by atoms with E-state index in [1.807, 2.05) is 54.6 Å². The number of carbonyl (C=O) groups excluding carboxylic acids is 2. The van der Waals surface area contributed by atoms with E-state index in [1.54, 1.807) is 48.5 Å². The van der Waals surface area contributed by atoms with Crippen molar-refractivity contribution in [3.05, 3.63) is 129 Å². The third-order valence-corrected chi connectivity index (χ3v) is 7.78. The topological polar surface area (TPSA) is 92.8 Å². The fourth-order valence-corrected chi connectivity index (χ4v) is 5.36. The molecule has 1 heterocycles. The molecule has 0 fully saturated rings. The summed E-state index contributed by atoms with van der Waals surface area (Å²) >= 11 is 9.94. The molecule has 1 aromatic heterocycles. The third-order valence-electron chi connectivity index (χ3n) is 6.92. The lowest BCUT2D eigenvalue weighted by atomic mass is 9.99. The molecule has 0 saturated heterocycles. The van der Waals surface area contributed by atoms with E-state index in [4.69, 9.17) is 21.1 Å². The summed E-state index contributed by atoms with van der Waals surface area (Å²) in [6.45, 7) is 0. The van der Waals surface area contributed by atoms with Gasteiger partial charge in [0.2, 0.25) is 0 Å². The number of H-pyrrole nitrogens is 1. The number of hydrazone groups is 1. The molecule has 6 aromatic rings. The number of aromatic nitrogens is 1. The van der Waals surface area contributed by atoms with Gasteiger partial charge in [-0.2, -0.15) is 5.10 Å². The summed E-state index contributed by atoms with van der Waals surface area (Å²) in [5, 5.41) is 7.63. The molecule has 0 bridgehead atoms. The van der Waals surface area contributed by atoms with Crippen molar-refractivity contribution in [2.24, 2.45) is 5.10 Å². The molecule has 43 heavy (non-hydrogen) atoms. The zero-order chi connectivity index (χ0) is 29.9. The Morgan fingerprint density at radius 1 is 0.884 bits per heavy atom. The third kappa shape index (κ3) is 5.75. The number of hydrogen-bond acceptors (Lipinski definition) is 5. The molecule has 0 aliphatic carbocycles. The van der Waals surface area contributed by atoms with E-state index in [1.165, 1.54) is 13.3 Å². The lowest BCUT2D eigenvalue weighted by Crippen LogP contribution is -2.19. The molecule has 0 unspecified atom stereocenters. The van der Waals surface area contributed by atoms with Gasteiger partial charge in [-0.25, -0.2) is 10.2 Å². The van der Waals surface area contributed by atoms with Crippen LogP contribution in [0.25, 0.3) is 32.8 Å². The van der Waals surface area contributed by atoms with Crippen LogP contribution in [-0.2, 0) is 0 Å². The maximum absolute atomic E-state index is 13.5. The number of amides is 1. The molecule has 9 heteroatoms. The van der Waals surface area contributed by atoms with Gasteiger partial charge in [-0.1, -0.05) is 82.1 Å². The number of benzene rings is 5. The van der Waals surface area contributed by atoms with Gasteiger partial charge in [0.25, 0.3) is 5.91 Å². The van der Waals surface area contributed by atoms with E-state index in [2.05, 4.69) is 31.4 Å². The number of rotatable bonds is 7. The number of methoxy groups -OCH3 is 1. The summed E-state index contributed by atoms with van der Waals surface area (Å²) in [5.74, 6) is -0.353. The molecule has 0 radical (unpaired) electrons. The van der Waals surface area contributed by atoms with Crippen LogP contribution in [0.4, 0.5) is 0 Å². The van der Waals surface area contributed by atoms with Crippen LogP contribution >= 0.6 is 27.5 Å². The molecule has 0 spiro atoms. The molecule has 1 amide bonds. The van der Waals surface area contributed by atoms with Crippen molar-refractivity contribution in [3.63, 3.8) is 0 Å². The van der Waals surface area contributed by atoms with Gasteiger partial charge in [-0.05, 0) is 59.5 Å². The van der Waals surface area contributed by atoms with Crippen LogP contribution in [0.3, 0.4) is 0 Å². The molecule has 6 rings (SSSR count). The average Bonchev–Trinajstić information content (AvgIpc) is 3.42. The van der Waals surface area contributed by atoms with Crippen LogP contribution in [0.15, 0.2) is 113 Å². The van der Waals surface area contributed by atoms with Crippen molar-refractivity contribution >= 4 is 67.3 Å². The summed E-state index contributed by atoms with van der Waals surface area (Å²) in [6.07, 6.45) is 1.48. The predicted molar refractivity (Wildman–Crippen MR) is 173 cm³/mol. The maximum atomic E-state index is 13.5. The monoisotopic (exact) mass is 651 g/mol. The second-order valence-electron chi connectivity index (χ2n) is 9.57. The van der Waals surface area contributed by atoms with E-state index in [0.717, 1.165) is 31.7 Å². The van der Waals surface area contributed by atoms with Gasteiger partial charge < -0.3 is 14.5 Å². The second-order valence-corrected chi connectivity index (χ2v) is 10.9. The molecule has 0 saturated carbocycles. The molecule has 0 aliphatic heterocycles. The summed E-state index contributed by atoms with van der Waals surface area (Å²) < 4.78 is 11.8. The number of esters is 1. The number of aromatic amines is 1. The number of nitrogens with zero attached hydrogens (tertiary/aromatic N) is 1. The first kappa shape index (κ1) is 28.2. The number of nitrogens with one attached hydrogen (secondary N) is 2. The lowest BCUT2D eigenvalue weighted by molar-refractivity contribution is 0.0729. The van der Waals surface area contributed by atoms with Gasteiger partial charge in [0.15, 0.2) is 11.5 Å². The molecule has 0 atom stereocenters. The highest BCUT2D eigenvalue weighted by Gasteiger charge is 2.22. The minimum absolute atomic E-state index is 0.256. The highest BCUT2D eigenvalue weighted by atomic mass is 79.9. The molecule has 2 N–H and O–H groups in total. The van der Waals surface area contributed by atoms with Crippen molar-refractivity contribution in [2.75, 3.05) is 7.11 Å². The zero-order valence-corrected chi connectivity index (χ0v) is 25.1. The summed E-state index contributed by atoms with van der Waals surface area (Å²) in [7, 11) is 1.48. The first-order valence-corrected chi connectivity index (χ1v) is 14.4. The molecule has 0 aliphatic rings. The van der Waals surface area contributed by atoms with E-state index in [9.17, 15) is 9.59 Å². The van der Waals surface area contributed by atoms with Crippen LogP contribution in [0, 0.1) is 0 Å². The van der Waals surface area contributed by atoms with Gasteiger partial charge in [0, 0.05) is 31.4 Å². The van der Waals surface area contributed by atoms with Crippen molar-refractivity contribution < 1.29 is 19.1 Å². The highest BCUT2D eigenvalue weighted by molar-refractivity contribution is 9.10. The van der Waals surface area contributed by atoms with Gasteiger partial charge in [-0.3, -0.25) is 4.79 Å². The van der Waals surface area contributed by atoms with Crippen LogP contribution < -0.4 is 14.9 Å². The van der Waals surface area contributed by atoms with Crippen molar-refractivity contribution in [1.82, 2.24) is 10.4 Å². The fourth-order valence-electron chi connectivity index (χ4n) is 4.87. The number of halogens is 2. The molecule has 7 nitrogen and oxygen atoms in total. The van der Waals surface area contributed by atoms with E-state index >= 15 is 0 Å². The summed E-state index contributed by atoms with van der Waals surface area (Å²) in [5.41, 5.74) is 6.24. The molecule has 5 aromatic carbocycles. The highest BCUT2D eigenvalue weighted by Crippen LogP contribution is 2.39. The Labute approximate surface area is 260 Å². The van der Waals surface area contributed by atoms with Crippen LogP contribution in [-0.4, -0.2) is 30.2 Å². The minimum atomic E-state index is -0.514. The Balaban J connectivity index is 1.27. The van der Waals surface area contributed by atoms with Crippen molar-refractivity contribution in [2.45, 2.75) is 0 Å². The van der Waals surface area contributed by atoms with Crippen LogP contribution in [0.5, 0.6) is 11.5 Å². The summed E-state index contributed by atoms with van der Waals surface area (Å²) in [6, 6.07) is 31.2. The second kappa shape index (κ2) is 12.1. The normalized spacial score (nSPS) is 11.2. The SMILES string of the molecule is COc1cc(C=NNC(=O)c2[nH]c3c(ccc4ccccc43)c2-c2ccccc2Cl)ccc1OC(=O)c1ccc(Br)cc1. The van der Waals surface area contributed by atoms with E-state index < -0.39 is 11.9 Å². The van der Waals surface area contributed by atoms with Crippen LogP contribution in [0.2, 0.25) is 5.02 Å². The van der Waals surface area contributed by atoms with E-state index in [0.29, 0.717) is 33.2 Å². The summed E-state index contributed by atoms with van der Waals surface area (Å²) in [4.78, 5) is 29.4. The minimum Gasteiger partial charge on any atom is -0.493 e. The molecule has 212 valence electrons. The molecular formula is C34H23BrClN3O4. The van der Waals surface area contributed by atoms with Crippen LogP contribution in [0.1, 0.15) is 26.4 Å².